The van der Waals surface area contributed by atoms with E-state index < -0.39 is 10.0 Å². The van der Waals surface area contributed by atoms with E-state index in [2.05, 4.69) is 22.0 Å². The number of hydrogen-bond acceptors (Lipinski definition) is 6. The predicted molar refractivity (Wildman–Crippen MR) is 88.1 cm³/mol. The van der Waals surface area contributed by atoms with Gasteiger partial charge in [0.2, 0.25) is 21.8 Å². The fourth-order valence-corrected chi connectivity index (χ4v) is 3.95. The summed E-state index contributed by atoms with van der Waals surface area (Å²) in [6.45, 7) is 2.63. The number of benzene rings is 1. The Morgan fingerprint density at radius 1 is 1.33 bits per heavy atom. The number of nitrogens with zero attached hydrogens (tertiary/aromatic N) is 3. The normalized spacial score (nSPS) is 20.9. The molecule has 1 aliphatic carbocycles. The van der Waals surface area contributed by atoms with E-state index in [1.807, 2.05) is 6.07 Å². The van der Waals surface area contributed by atoms with Crippen molar-refractivity contribution in [2.75, 3.05) is 4.90 Å². The van der Waals surface area contributed by atoms with Crippen LogP contribution in [-0.4, -0.2) is 24.7 Å². The highest BCUT2D eigenvalue weighted by atomic mass is 32.2. The first kappa shape index (κ1) is 15.6. The van der Waals surface area contributed by atoms with Crippen LogP contribution in [-0.2, 0) is 23.0 Å². The van der Waals surface area contributed by atoms with Crippen LogP contribution in [0.5, 0.6) is 0 Å². The van der Waals surface area contributed by atoms with Crippen LogP contribution in [0.2, 0.25) is 0 Å². The summed E-state index contributed by atoms with van der Waals surface area (Å²) >= 11 is 0. The van der Waals surface area contributed by atoms with Gasteiger partial charge in [-0.3, -0.25) is 0 Å². The summed E-state index contributed by atoms with van der Waals surface area (Å²) in [4.78, 5) is 2.32. The van der Waals surface area contributed by atoms with Gasteiger partial charge in [-0.15, -0.1) is 10.2 Å². The molecule has 7 nitrogen and oxygen atoms in total. The number of primary sulfonamides is 1. The van der Waals surface area contributed by atoms with Crippen molar-refractivity contribution in [3.05, 3.63) is 35.5 Å². The van der Waals surface area contributed by atoms with Crippen molar-refractivity contribution in [2.45, 2.75) is 56.0 Å². The molecular formula is C16H20N4O3S. The zero-order valence-corrected chi connectivity index (χ0v) is 14.3. The maximum Gasteiger partial charge on any atom is 0.238 e. The van der Waals surface area contributed by atoms with Gasteiger partial charge < -0.3 is 9.32 Å². The first-order chi connectivity index (χ1) is 11.4. The minimum atomic E-state index is -3.68. The molecule has 4 rings (SSSR count). The van der Waals surface area contributed by atoms with Crippen LogP contribution in [0.3, 0.4) is 0 Å². The van der Waals surface area contributed by atoms with Crippen LogP contribution in [0.25, 0.3) is 0 Å². The molecule has 2 aromatic rings. The van der Waals surface area contributed by atoms with Crippen molar-refractivity contribution >= 4 is 15.7 Å². The largest absolute Gasteiger partial charge is 0.423 e. The fraction of sp³-hybridized carbons (Fsp3) is 0.500. The van der Waals surface area contributed by atoms with Crippen LogP contribution in [0.1, 0.15) is 49.4 Å². The van der Waals surface area contributed by atoms with Crippen LogP contribution in [0.15, 0.2) is 27.5 Å². The Kier molecular flexibility index (Phi) is 3.61. The molecule has 0 amide bonds. The summed E-state index contributed by atoms with van der Waals surface area (Å²) in [6.07, 6.45) is 4.25. The zero-order valence-electron chi connectivity index (χ0n) is 13.5. The molecule has 0 bridgehead atoms. The Morgan fingerprint density at radius 3 is 2.79 bits per heavy atom. The molecular weight excluding hydrogens is 328 g/mol. The maximum absolute atomic E-state index is 11.5. The maximum atomic E-state index is 11.5. The predicted octanol–water partition coefficient (Wildman–Crippen LogP) is 1.94. The molecule has 1 saturated carbocycles. The molecule has 0 saturated heterocycles. The molecule has 128 valence electrons. The zero-order chi connectivity index (χ0) is 16.9. The third kappa shape index (κ3) is 2.69. The molecule has 1 fully saturated rings. The Balaban J connectivity index is 1.57. The van der Waals surface area contributed by atoms with E-state index in [1.165, 1.54) is 6.42 Å². The average molecular weight is 348 g/mol. The van der Waals surface area contributed by atoms with Crippen LogP contribution in [0.4, 0.5) is 5.69 Å². The van der Waals surface area contributed by atoms with Gasteiger partial charge in [-0.1, -0.05) is 6.42 Å². The average Bonchev–Trinajstić information content (AvgIpc) is 3.02. The van der Waals surface area contributed by atoms with Crippen molar-refractivity contribution < 1.29 is 12.8 Å². The van der Waals surface area contributed by atoms with Gasteiger partial charge in [-0.25, -0.2) is 13.6 Å². The first-order valence-corrected chi connectivity index (χ1v) is 9.71. The van der Waals surface area contributed by atoms with Crippen molar-refractivity contribution in [2.24, 2.45) is 5.14 Å². The number of fused-ring (bicyclic) bond motifs is 1. The van der Waals surface area contributed by atoms with Crippen molar-refractivity contribution in [3.63, 3.8) is 0 Å². The van der Waals surface area contributed by atoms with E-state index in [0.717, 1.165) is 36.4 Å². The molecule has 1 aromatic heterocycles. The Bertz CT molecular complexity index is 873. The number of hydrogen-bond donors (Lipinski definition) is 1. The molecule has 1 aliphatic heterocycles. The minimum Gasteiger partial charge on any atom is -0.423 e. The summed E-state index contributed by atoms with van der Waals surface area (Å²) in [5.74, 6) is 1.77. The van der Waals surface area contributed by atoms with Gasteiger partial charge in [0, 0.05) is 17.6 Å². The van der Waals surface area contributed by atoms with Crippen molar-refractivity contribution in [1.29, 1.82) is 0 Å². The Labute approximate surface area is 140 Å². The van der Waals surface area contributed by atoms with Gasteiger partial charge in [0.25, 0.3) is 0 Å². The van der Waals surface area contributed by atoms with Crippen LogP contribution in [0, 0.1) is 0 Å². The Hall–Kier alpha value is -1.93. The highest BCUT2D eigenvalue weighted by Gasteiger charge is 2.30. The van der Waals surface area contributed by atoms with Crippen LogP contribution < -0.4 is 10.0 Å². The molecule has 1 atom stereocenters. The highest BCUT2D eigenvalue weighted by molar-refractivity contribution is 7.89. The molecule has 0 radical (unpaired) electrons. The lowest BCUT2D eigenvalue weighted by Crippen LogP contribution is -2.28. The smallest absolute Gasteiger partial charge is 0.238 e. The van der Waals surface area contributed by atoms with Crippen molar-refractivity contribution in [3.8, 4) is 0 Å². The van der Waals surface area contributed by atoms with E-state index in [9.17, 15) is 8.42 Å². The standard InChI is InChI=1S/C16H20N4O3S/c1-10-7-12-8-13(24(17,21)22)5-6-14(12)20(10)9-15-18-19-16(23-15)11-3-2-4-11/h5-6,8,10-11H,2-4,7,9H2,1H3,(H2,17,21,22)/t10-/m0/s1. The molecule has 0 unspecified atom stereocenters. The molecule has 8 heteroatoms. The monoisotopic (exact) mass is 348 g/mol. The van der Waals surface area contributed by atoms with E-state index in [0.29, 0.717) is 18.4 Å². The second-order valence-electron chi connectivity index (χ2n) is 6.68. The molecule has 1 aromatic carbocycles. The topological polar surface area (TPSA) is 102 Å². The number of aromatic nitrogens is 2. The SMILES string of the molecule is C[C@H]1Cc2cc(S(N)(=O)=O)ccc2N1Cc1nnc(C2CCC2)o1. The first-order valence-electron chi connectivity index (χ1n) is 8.16. The lowest BCUT2D eigenvalue weighted by Gasteiger charge is -2.23. The van der Waals surface area contributed by atoms with Gasteiger partial charge in [0.1, 0.15) is 0 Å². The number of anilines is 1. The van der Waals surface area contributed by atoms with Crippen LogP contribution >= 0.6 is 0 Å². The van der Waals surface area contributed by atoms with E-state index in [-0.39, 0.29) is 10.9 Å². The van der Waals surface area contributed by atoms with E-state index in [4.69, 9.17) is 9.56 Å². The Morgan fingerprint density at radius 2 is 2.12 bits per heavy atom. The van der Waals surface area contributed by atoms with Gasteiger partial charge in [-0.05, 0) is 49.9 Å². The van der Waals surface area contributed by atoms with E-state index >= 15 is 0 Å². The summed E-state index contributed by atoms with van der Waals surface area (Å²) in [7, 11) is -3.68. The summed E-state index contributed by atoms with van der Waals surface area (Å²) < 4.78 is 28.8. The molecule has 24 heavy (non-hydrogen) atoms. The third-order valence-electron chi connectivity index (χ3n) is 4.98. The summed E-state index contributed by atoms with van der Waals surface area (Å²) in [5.41, 5.74) is 1.98. The molecule has 0 spiro atoms. The van der Waals surface area contributed by atoms with Gasteiger partial charge >= 0.3 is 0 Å². The molecule has 2 N–H and O–H groups in total. The quantitative estimate of drug-likeness (QED) is 0.906. The number of rotatable bonds is 4. The highest BCUT2D eigenvalue weighted by Crippen LogP contribution is 2.37. The second kappa shape index (κ2) is 5.56. The number of nitrogens with two attached hydrogens (primary N) is 1. The van der Waals surface area contributed by atoms with Crippen molar-refractivity contribution in [1.82, 2.24) is 10.2 Å². The molecule has 2 heterocycles. The van der Waals surface area contributed by atoms with Gasteiger partial charge in [-0.2, -0.15) is 0 Å². The number of sulfonamides is 1. The second-order valence-corrected chi connectivity index (χ2v) is 8.24. The summed E-state index contributed by atoms with van der Waals surface area (Å²) in [6, 6.07) is 5.25. The fourth-order valence-electron chi connectivity index (χ4n) is 3.39. The molecule has 2 aliphatic rings. The third-order valence-corrected chi connectivity index (χ3v) is 5.89. The lowest BCUT2D eigenvalue weighted by molar-refractivity contribution is 0.323. The van der Waals surface area contributed by atoms with Gasteiger partial charge in [0.05, 0.1) is 11.4 Å². The summed E-state index contributed by atoms with van der Waals surface area (Å²) in [5, 5.41) is 13.6. The van der Waals surface area contributed by atoms with E-state index in [1.54, 1.807) is 12.1 Å². The lowest BCUT2D eigenvalue weighted by atomic mass is 9.85. The minimum absolute atomic E-state index is 0.153. The van der Waals surface area contributed by atoms with Gasteiger partial charge in [0.15, 0.2) is 0 Å².